The Hall–Kier alpha value is -1.54. The third-order valence-electron chi connectivity index (χ3n) is 2.28. The van der Waals surface area contributed by atoms with Crippen LogP contribution >= 0.6 is 11.6 Å². The summed E-state index contributed by atoms with van der Waals surface area (Å²) in [5.74, 6) is 0.189. The maximum absolute atomic E-state index is 13.3. The first-order valence-corrected chi connectivity index (χ1v) is 5.17. The van der Waals surface area contributed by atoms with Gasteiger partial charge in [-0.05, 0) is 35.4 Å². The summed E-state index contributed by atoms with van der Waals surface area (Å²) in [5, 5.41) is 0.659. The van der Waals surface area contributed by atoms with Gasteiger partial charge in [0, 0.05) is 11.1 Å². The number of benzene rings is 2. The van der Waals surface area contributed by atoms with Gasteiger partial charge in [-0.1, -0.05) is 23.7 Å². The van der Waals surface area contributed by atoms with Crippen LogP contribution in [0.2, 0.25) is 5.02 Å². The van der Waals surface area contributed by atoms with Gasteiger partial charge >= 0.3 is 0 Å². The van der Waals surface area contributed by atoms with Gasteiger partial charge in [0.2, 0.25) is 0 Å². The van der Waals surface area contributed by atoms with Crippen LogP contribution in [0.5, 0.6) is 5.75 Å². The lowest BCUT2D eigenvalue weighted by Gasteiger charge is -2.05. The molecule has 0 amide bonds. The maximum atomic E-state index is 13.3. The average molecular weight is 237 g/mol. The molecule has 0 aliphatic heterocycles. The van der Waals surface area contributed by atoms with Crippen molar-refractivity contribution in [2.75, 3.05) is 7.11 Å². The molecule has 2 aromatic carbocycles. The summed E-state index contributed by atoms with van der Waals surface area (Å²) < 4.78 is 18.3. The van der Waals surface area contributed by atoms with Gasteiger partial charge in [0.15, 0.2) is 0 Å². The Labute approximate surface area is 98.4 Å². The molecule has 2 aromatic rings. The minimum atomic E-state index is -0.315. The topological polar surface area (TPSA) is 9.23 Å². The third-order valence-corrected chi connectivity index (χ3v) is 2.54. The lowest BCUT2D eigenvalue weighted by molar-refractivity contribution is 0.411. The molecule has 0 radical (unpaired) electrons. The van der Waals surface area contributed by atoms with Crippen LogP contribution in [-0.2, 0) is 0 Å². The van der Waals surface area contributed by atoms with Crippen LogP contribution in [-0.4, -0.2) is 7.11 Å². The lowest BCUT2D eigenvalue weighted by atomic mass is 10.1. The summed E-state index contributed by atoms with van der Waals surface area (Å²) in [6.07, 6.45) is 0. The minimum Gasteiger partial charge on any atom is -0.497 e. The Balaban J connectivity index is 2.47. The van der Waals surface area contributed by atoms with Crippen LogP contribution in [0.3, 0.4) is 0 Å². The molecule has 0 atom stereocenters. The van der Waals surface area contributed by atoms with Crippen LogP contribution in [0.15, 0.2) is 42.5 Å². The Morgan fingerprint density at radius 3 is 2.31 bits per heavy atom. The zero-order chi connectivity index (χ0) is 11.5. The molecule has 0 heterocycles. The second-order valence-electron chi connectivity index (χ2n) is 3.39. The normalized spacial score (nSPS) is 10.2. The summed E-state index contributed by atoms with van der Waals surface area (Å²) in [4.78, 5) is 0. The first-order chi connectivity index (χ1) is 7.69. The molecule has 0 fully saturated rings. The van der Waals surface area contributed by atoms with E-state index in [0.29, 0.717) is 10.8 Å². The molecule has 3 heteroatoms. The minimum absolute atomic E-state index is 0.315. The Morgan fingerprint density at radius 1 is 1.00 bits per heavy atom. The molecule has 0 saturated carbocycles. The molecule has 2 rings (SSSR count). The van der Waals surface area contributed by atoms with E-state index < -0.39 is 0 Å². The summed E-state index contributed by atoms with van der Waals surface area (Å²) in [6, 6.07) is 11.8. The van der Waals surface area contributed by atoms with E-state index in [1.807, 2.05) is 12.1 Å². The van der Waals surface area contributed by atoms with Gasteiger partial charge in [-0.25, -0.2) is 4.39 Å². The SMILES string of the molecule is COc1cc(F)cc(-c2ccc(Cl)cc2)c1. The highest BCUT2D eigenvalue weighted by Crippen LogP contribution is 2.26. The molecular formula is C13H10ClFO. The van der Waals surface area contributed by atoms with Gasteiger partial charge in [-0.3, -0.25) is 0 Å². The predicted octanol–water partition coefficient (Wildman–Crippen LogP) is 4.15. The Morgan fingerprint density at radius 2 is 1.69 bits per heavy atom. The fourth-order valence-corrected chi connectivity index (χ4v) is 1.62. The number of hydrogen-bond donors (Lipinski definition) is 0. The van der Waals surface area contributed by atoms with E-state index >= 15 is 0 Å². The highest BCUT2D eigenvalue weighted by atomic mass is 35.5. The van der Waals surface area contributed by atoms with Crippen LogP contribution in [0.1, 0.15) is 0 Å². The molecule has 16 heavy (non-hydrogen) atoms. The largest absolute Gasteiger partial charge is 0.497 e. The van der Waals surface area contributed by atoms with Gasteiger partial charge in [0.25, 0.3) is 0 Å². The second-order valence-corrected chi connectivity index (χ2v) is 3.82. The number of methoxy groups -OCH3 is 1. The van der Waals surface area contributed by atoms with E-state index in [1.165, 1.54) is 19.2 Å². The van der Waals surface area contributed by atoms with Gasteiger partial charge in [0.1, 0.15) is 11.6 Å². The van der Waals surface area contributed by atoms with Crippen molar-refractivity contribution in [2.24, 2.45) is 0 Å². The summed E-state index contributed by atoms with van der Waals surface area (Å²) in [5.41, 5.74) is 1.68. The zero-order valence-electron chi connectivity index (χ0n) is 8.71. The highest BCUT2D eigenvalue weighted by Gasteiger charge is 2.03. The van der Waals surface area contributed by atoms with Crippen LogP contribution in [0, 0.1) is 5.82 Å². The van der Waals surface area contributed by atoms with Gasteiger partial charge in [0.05, 0.1) is 7.11 Å². The van der Waals surface area contributed by atoms with E-state index in [-0.39, 0.29) is 5.82 Å². The van der Waals surface area contributed by atoms with E-state index in [1.54, 1.807) is 18.2 Å². The fraction of sp³-hybridized carbons (Fsp3) is 0.0769. The van der Waals surface area contributed by atoms with Crippen molar-refractivity contribution in [1.29, 1.82) is 0 Å². The molecule has 0 aliphatic rings. The molecule has 0 spiro atoms. The lowest BCUT2D eigenvalue weighted by Crippen LogP contribution is -1.86. The third kappa shape index (κ3) is 2.34. The number of ether oxygens (including phenoxy) is 1. The first kappa shape index (κ1) is 11.0. The molecule has 0 saturated heterocycles. The van der Waals surface area contributed by atoms with Crippen molar-refractivity contribution in [2.45, 2.75) is 0 Å². The second kappa shape index (κ2) is 4.54. The van der Waals surface area contributed by atoms with Crippen molar-refractivity contribution < 1.29 is 9.13 Å². The monoisotopic (exact) mass is 236 g/mol. The zero-order valence-corrected chi connectivity index (χ0v) is 9.46. The quantitative estimate of drug-likeness (QED) is 0.761. The Kier molecular flexibility index (Phi) is 3.11. The molecule has 0 aliphatic carbocycles. The molecule has 82 valence electrons. The standard InChI is InChI=1S/C13H10ClFO/c1-16-13-7-10(6-12(15)8-13)9-2-4-11(14)5-3-9/h2-8H,1H3. The van der Waals surface area contributed by atoms with Crippen molar-refractivity contribution in [3.63, 3.8) is 0 Å². The molecule has 0 N–H and O–H groups in total. The average Bonchev–Trinajstić information content (AvgIpc) is 2.29. The van der Waals surface area contributed by atoms with E-state index in [2.05, 4.69) is 0 Å². The summed E-state index contributed by atoms with van der Waals surface area (Å²) in [6.45, 7) is 0. The number of hydrogen-bond acceptors (Lipinski definition) is 1. The van der Waals surface area contributed by atoms with Crippen molar-refractivity contribution in [3.8, 4) is 16.9 Å². The predicted molar refractivity (Wildman–Crippen MR) is 63.4 cm³/mol. The van der Waals surface area contributed by atoms with E-state index in [4.69, 9.17) is 16.3 Å². The van der Waals surface area contributed by atoms with Crippen molar-refractivity contribution in [1.82, 2.24) is 0 Å². The molecular weight excluding hydrogens is 227 g/mol. The van der Waals surface area contributed by atoms with Crippen molar-refractivity contribution >= 4 is 11.6 Å². The van der Waals surface area contributed by atoms with E-state index in [0.717, 1.165) is 11.1 Å². The smallest absolute Gasteiger partial charge is 0.127 e. The van der Waals surface area contributed by atoms with Gasteiger partial charge in [-0.15, -0.1) is 0 Å². The van der Waals surface area contributed by atoms with Gasteiger partial charge < -0.3 is 4.74 Å². The summed E-state index contributed by atoms with van der Waals surface area (Å²) in [7, 11) is 1.51. The fourth-order valence-electron chi connectivity index (χ4n) is 1.49. The first-order valence-electron chi connectivity index (χ1n) is 4.79. The van der Waals surface area contributed by atoms with Gasteiger partial charge in [-0.2, -0.15) is 0 Å². The Bertz CT molecular complexity index is 494. The number of halogens is 2. The van der Waals surface area contributed by atoms with Crippen molar-refractivity contribution in [3.05, 3.63) is 53.3 Å². The van der Waals surface area contributed by atoms with E-state index in [9.17, 15) is 4.39 Å². The molecule has 0 unspecified atom stereocenters. The van der Waals surface area contributed by atoms with Crippen LogP contribution in [0.25, 0.3) is 11.1 Å². The molecule has 0 aromatic heterocycles. The molecule has 1 nitrogen and oxygen atoms in total. The highest BCUT2D eigenvalue weighted by molar-refractivity contribution is 6.30. The number of rotatable bonds is 2. The molecule has 0 bridgehead atoms. The van der Waals surface area contributed by atoms with Crippen LogP contribution < -0.4 is 4.74 Å². The summed E-state index contributed by atoms with van der Waals surface area (Å²) >= 11 is 5.79. The van der Waals surface area contributed by atoms with Crippen LogP contribution in [0.4, 0.5) is 4.39 Å². The maximum Gasteiger partial charge on any atom is 0.127 e.